The van der Waals surface area contributed by atoms with Crippen LogP contribution < -0.4 is 10.6 Å². The molecular weight excluding hydrogens is 312 g/mol. The first-order valence-corrected chi connectivity index (χ1v) is 7.79. The van der Waals surface area contributed by atoms with Gasteiger partial charge in [-0.2, -0.15) is 0 Å². The van der Waals surface area contributed by atoms with E-state index in [4.69, 9.17) is 0 Å². The van der Waals surface area contributed by atoms with Crippen molar-refractivity contribution in [3.63, 3.8) is 0 Å². The van der Waals surface area contributed by atoms with E-state index >= 15 is 0 Å². The van der Waals surface area contributed by atoms with Gasteiger partial charge in [0.1, 0.15) is 0 Å². The molecule has 1 fully saturated rings. The number of nitrogens with one attached hydrogen (secondary N) is 2. The van der Waals surface area contributed by atoms with E-state index in [2.05, 4.69) is 20.9 Å². The highest BCUT2D eigenvalue weighted by molar-refractivity contribution is 5.91. The summed E-state index contributed by atoms with van der Waals surface area (Å²) >= 11 is 0. The van der Waals surface area contributed by atoms with Crippen LogP contribution in [0.5, 0.6) is 0 Å². The quantitative estimate of drug-likeness (QED) is 0.622. The third kappa shape index (κ3) is 3.74. The first-order chi connectivity index (χ1) is 11.6. The Morgan fingerprint density at radius 1 is 1.50 bits per heavy atom. The molecule has 0 saturated carbocycles. The van der Waals surface area contributed by atoms with Crippen molar-refractivity contribution < 1.29 is 9.72 Å². The van der Waals surface area contributed by atoms with Gasteiger partial charge in [0.05, 0.1) is 16.8 Å². The normalized spacial score (nSPS) is 17.4. The van der Waals surface area contributed by atoms with E-state index in [1.807, 2.05) is 0 Å². The molecule has 2 heterocycles. The summed E-state index contributed by atoms with van der Waals surface area (Å²) in [6.07, 6.45) is 3.67. The molecule has 1 aromatic carbocycles. The van der Waals surface area contributed by atoms with Gasteiger partial charge in [0.15, 0.2) is 5.69 Å². The van der Waals surface area contributed by atoms with Crippen LogP contribution in [-0.4, -0.2) is 45.5 Å². The van der Waals surface area contributed by atoms with E-state index in [1.165, 1.54) is 23.0 Å². The van der Waals surface area contributed by atoms with Crippen LogP contribution in [0.3, 0.4) is 0 Å². The Balaban J connectivity index is 1.65. The molecule has 1 atom stereocenters. The van der Waals surface area contributed by atoms with Crippen LogP contribution in [0.2, 0.25) is 0 Å². The van der Waals surface area contributed by atoms with Crippen molar-refractivity contribution in [3.05, 3.63) is 46.3 Å². The number of rotatable bonds is 5. The molecule has 9 nitrogen and oxygen atoms in total. The molecule has 0 spiro atoms. The second-order valence-corrected chi connectivity index (χ2v) is 5.75. The van der Waals surface area contributed by atoms with Gasteiger partial charge in [-0.15, -0.1) is 5.10 Å². The molecule has 0 aliphatic carbocycles. The van der Waals surface area contributed by atoms with Crippen LogP contribution >= 0.6 is 0 Å². The van der Waals surface area contributed by atoms with Crippen molar-refractivity contribution in [1.82, 2.24) is 25.6 Å². The smallest absolute Gasteiger partial charge is 0.273 e. The van der Waals surface area contributed by atoms with Crippen LogP contribution in [0.15, 0.2) is 30.5 Å². The predicted octanol–water partition coefficient (Wildman–Crippen LogP) is 0.905. The second kappa shape index (κ2) is 7.18. The van der Waals surface area contributed by atoms with Crippen LogP contribution in [0.4, 0.5) is 5.69 Å². The fourth-order valence-corrected chi connectivity index (χ4v) is 2.67. The summed E-state index contributed by atoms with van der Waals surface area (Å²) in [5.74, 6) is 0.131. The predicted molar refractivity (Wildman–Crippen MR) is 85.9 cm³/mol. The molecule has 1 aliphatic rings. The average molecular weight is 330 g/mol. The van der Waals surface area contributed by atoms with E-state index in [-0.39, 0.29) is 17.3 Å². The van der Waals surface area contributed by atoms with Gasteiger partial charge in [-0.05, 0) is 37.9 Å². The lowest BCUT2D eigenvalue weighted by atomic mass is 10.00. The highest BCUT2D eigenvalue weighted by Gasteiger charge is 2.17. The van der Waals surface area contributed by atoms with E-state index in [9.17, 15) is 14.9 Å². The Morgan fingerprint density at radius 3 is 3.12 bits per heavy atom. The zero-order valence-electron chi connectivity index (χ0n) is 13.0. The highest BCUT2D eigenvalue weighted by Crippen LogP contribution is 2.16. The number of hydrogen-bond acceptors (Lipinski definition) is 6. The van der Waals surface area contributed by atoms with Gasteiger partial charge >= 0.3 is 0 Å². The number of nitro groups is 1. The number of nitrogens with zero attached hydrogens (tertiary/aromatic N) is 4. The molecule has 1 unspecified atom stereocenters. The molecule has 2 N–H and O–H groups in total. The van der Waals surface area contributed by atoms with Gasteiger partial charge in [0.25, 0.3) is 11.6 Å². The number of carbonyl (C=O) groups is 1. The summed E-state index contributed by atoms with van der Waals surface area (Å²) in [7, 11) is 0. The summed E-state index contributed by atoms with van der Waals surface area (Å²) < 4.78 is 1.35. The number of benzene rings is 1. The molecule has 0 bridgehead atoms. The maximum absolute atomic E-state index is 12.2. The van der Waals surface area contributed by atoms with Crippen LogP contribution in [0.1, 0.15) is 23.3 Å². The van der Waals surface area contributed by atoms with Crippen LogP contribution in [0.25, 0.3) is 5.69 Å². The zero-order valence-corrected chi connectivity index (χ0v) is 13.0. The maximum atomic E-state index is 12.2. The summed E-state index contributed by atoms with van der Waals surface area (Å²) in [5.41, 5.74) is 0.622. The Hall–Kier alpha value is -2.81. The van der Waals surface area contributed by atoms with Gasteiger partial charge < -0.3 is 10.6 Å². The third-order valence-electron chi connectivity index (χ3n) is 3.98. The molecule has 9 heteroatoms. The fourth-order valence-electron chi connectivity index (χ4n) is 2.67. The Morgan fingerprint density at radius 2 is 2.38 bits per heavy atom. The summed E-state index contributed by atoms with van der Waals surface area (Å²) in [5, 5.41) is 24.7. The first kappa shape index (κ1) is 16.1. The molecule has 1 saturated heterocycles. The third-order valence-corrected chi connectivity index (χ3v) is 3.98. The number of hydrogen-bond donors (Lipinski definition) is 2. The molecule has 0 radical (unpaired) electrons. The zero-order chi connectivity index (χ0) is 16.9. The summed E-state index contributed by atoms with van der Waals surface area (Å²) in [4.78, 5) is 22.5. The summed E-state index contributed by atoms with van der Waals surface area (Å²) in [6, 6.07) is 6.00. The molecular formula is C15H18N6O3. The first-order valence-electron chi connectivity index (χ1n) is 7.79. The minimum Gasteiger partial charge on any atom is -0.350 e. The standard InChI is InChI=1S/C15H18N6O3/c22-15(17-9-11-3-2-6-16-8-11)14-10-20(19-18-14)12-4-1-5-13(7-12)21(23)24/h1,4-5,7,10-11,16H,2-3,6,8-9H2,(H,17,22). The maximum Gasteiger partial charge on any atom is 0.273 e. The lowest BCUT2D eigenvalue weighted by Gasteiger charge is -2.22. The van der Waals surface area contributed by atoms with Crippen molar-refractivity contribution in [2.75, 3.05) is 19.6 Å². The lowest BCUT2D eigenvalue weighted by Crippen LogP contribution is -2.38. The number of piperidine rings is 1. The van der Waals surface area contributed by atoms with Crippen molar-refractivity contribution in [2.45, 2.75) is 12.8 Å². The van der Waals surface area contributed by atoms with Crippen molar-refractivity contribution >= 4 is 11.6 Å². The highest BCUT2D eigenvalue weighted by atomic mass is 16.6. The lowest BCUT2D eigenvalue weighted by molar-refractivity contribution is -0.384. The number of non-ortho nitro benzene ring substituents is 1. The fraction of sp³-hybridized carbons (Fsp3) is 0.400. The minimum atomic E-state index is -0.480. The van der Waals surface area contributed by atoms with Gasteiger partial charge in [0.2, 0.25) is 0 Å². The van der Waals surface area contributed by atoms with E-state index < -0.39 is 4.92 Å². The molecule has 24 heavy (non-hydrogen) atoms. The Kier molecular flexibility index (Phi) is 4.80. The van der Waals surface area contributed by atoms with Crippen molar-refractivity contribution in [2.24, 2.45) is 5.92 Å². The van der Waals surface area contributed by atoms with Crippen molar-refractivity contribution in [3.8, 4) is 5.69 Å². The van der Waals surface area contributed by atoms with Gasteiger partial charge in [-0.25, -0.2) is 4.68 Å². The number of amides is 1. The average Bonchev–Trinajstić information content (AvgIpc) is 3.11. The number of nitro benzene ring substituents is 1. The molecule has 3 rings (SSSR count). The van der Waals surface area contributed by atoms with E-state index in [0.29, 0.717) is 18.2 Å². The van der Waals surface area contributed by atoms with Crippen LogP contribution in [-0.2, 0) is 0 Å². The SMILES string of the molecule is O=C(NCC1CCCNC1)c1cn(-c2cccc([N+](=O)[O-])c2)nn1. The van der Waals surface area contributed by atoms with Crippen LogP contribution in [0, 0.1) is 16.0 Å². The Labute approximate surface area is 138 Å². The summed E-state index contributed by atoms with van der Waals surface area (Å²) in [6.45, 7) is 2.53. The largest absolute Gasteiger partial charge is 0.350 e. The molecule has 1 aromatic heterocycles. The van der Waals surface area contributed by atoms with Crippen molar-refractivity contribution in [1.29, 1.82) is 0 Å². The number of carbonyl (C=O) groups excluding carboxylic acids is 1. The van der Waals surface area contributed by atoms with E-state index in [0.717, 1.165) is 25.9 Å². The van der Waals surface area contributed by atoms with Gasteiger partial charge in [-0.3, -0.25) is 14.9 Å². The van der Waals surface area contributed by atoms with E-state index in [1.54, 1.807) is 12.1 Å². The molecule has 1 amide bonds. The monoisotopic (exact) mass is 330 g/mol. The molecule has 2 aromatic rings. The number of aromatic nitrogens is 3. The topological polar surface area (TPSA) is 115 Å². The second-order valence-electron chi connectivity index (χ2n) is 5.75. The minimum absolute atomic E-state index is 0.0428. The molecule has 126 valence electrons. The van der Waals surface area contributed by atoms with Gasteiger partial charge in [0, 0.05) is 18.7 Å². The van der Waals surface area contributed by atoms with Gasteiger partial charge in [-0.1, -0.05) is 11.3 Å². The Bertz CT molecular complexity index is 738. The molecule has 1 aliphatic heterocycles.